The Morgan fingerprint density at radius 2 is 2.23 bits per heavy atom. The topological polar surface area (TPSA) is 35.5 Å². The smallest absolute Gasteiger partial charge is 0.332 e. The Morgan fingerprint density at radius 3 is 2.62 bits per heavy atom. The molecule has 0 saturated heterocycles. The van der Waals surface area contributed by atoms with Crippen LogP contribution in [0.2, 0.25) is 13.1 Å². The Morgan fingerprint density at radius 1 is 1.62 bits per heavy atom. The second kappa shape index (κ2) is 6.86. The first-order chi connectivity index (χ1) is 6.10. The van der Waals surface area contributed by atoms with Crippen molar-refractivity contribution in [2.75, 3.05) is 0 Å². The fourth-order valence-electron chi connectivity index (χ4n) is 0.872. The predicted octanol–water partition coefficient (Wildman–Crippen LogP) is 1.84. The molecule has 0 aliphatic heterocycles. The molecule has 0 rings (SSSR count). The minimum absolute atomic E-state index is 0.373. The van der Waals surface area contributed by atoms with Gasteiger partial charge in [0.05, 0.1) is 0 Å². The molecule has 0 bridgehead atoms. The van der Waals surface area contributed by atoms with Gasteiger partial charge in [-0.1, -0.05) is 19.9 Å². The molecule has 0 saturated carbocycles. The lowest BCUT2D eigenvalue weighted by Crippen LogP contribution is -2.25. The highest BCUT2D eigenvalue weighted by molar-refractivity contribution is 6.48. The Balaban J connectivity index is 3.92. The largest absolute Gasteiger partial charge is 0.434 e. The van der Waals surface area contributed by atoms with Crippen molar-refractivity contribution in [2.45, 2.75) is 39.1 Å². The van der Waals surface area contributed by atoms with Crippen LogP contribution >= 0.6 is 0 Å². The third-order valence-corrected chi connectivity index (χ3v) is 2.21. The summed E-state index contributed by atoms with van der Waals surface area (Å²) in [5.74, 6) is -0.409. The molecule has 0 amide bonds. The molecule has 0 aromatic carbocycles. The molecule has 0 aromatic heterocycles. The summed E-state index contributed by atoms with van der Waals surface area (Å²) in [5.41, 5.74) is 0. The van der Waals surface area contributed by atoms with Crippen LogP contribution in [-0.4, -0.2) is 21.3 Å². The Kier molecular flexibility index (Phi) is 6.53. The zero-order valence-electron chi connectivity index (χ0n) is 8.58. The number of carbonyl (C=O) groups excluding carboxylic acids is 1. The molecule has 0 aliphatic rings. The van der Waals surface area contributed by atoms with Crippen LogP contribution in [0, 0.1) is 0 Å². The van der Waals surface area contributed by atoms with Gasteiger partial charge in [0, 0.05) is 12.5 Å². The molecule has 0 N–H and O–H groups in total. The van der Waals surface area contributed by atoms with Gasteiger partial charge in [-0.15, -0.1) is 0 Å². The first-order valence-electron chi connectivity index (χ1n) is 4.58. The lowest BCUT2D eigenvalue weighted by atomic mass is 10.3. The summed E-state index contributed by atoms with van der Waals surface area (Å²) in [6.07, 6.45) is 2.48. The van der Waals surface area contributed by atoms with E-state index >= 15 is 0 Å². The molecule has 1 unspecified atom stereocenters. The SMILES string of the molecule is C=CC(=O)OC(CCC)O[SiH](C)C. The number of hydrogen-bond donors (Lipinski definition) is 0. The first kappa shape index (κ1) is 12.4. The fourth-order valence-corrected chi connectivity index (χ4v) is 1.67. The van der Waals surface area contributed by atoms with Gasteiger partial charge >= 0.3 is 5.97 Å². The lowest BCUT2D eigenvalue weighted by molar-refractivity contribution is -0.158. The van der Waals surface area contributed by atoms with E-state index in [4.69, 9.17) is 9.16 Å². The Hall–Kier alpha value is -0.613. The molecule has 0 spiro atoms. The van der Waals surface area contributed by atoms with Crippen LogP contribution in [0.25, 0.3) is 0 Å². The average molecular weight is 202 g/mol. The highest BCUT2D eigenvalue weighted by atomic mass is 28.3. The van der Waals surface area contributed by atoms with Crippen molar-refractivity contribution < 1.29 is 14.0 Å². The van der Waals surface area contributed by atoms with Crippen molar-refractivity contribution in [3.63, 3.8) is 0 Å². The number of rotatable bonds is 6. The fraction of sp³-hybridized carbons (Fsp3) is 0.667. The second-order valence-corrected chi connectivity index (χ2v) is 5.41. The van der Waals surface area contributed by atoms with Crippen LogP contribution in [0.5, 0.6) is 0 Å². The van der Waals surface area contributed by atoms with E-state index in [-0.39, 0.29) is 6.29 Å². The lowest BCUT2D eigenvalue weighted by Gasteiger charge is -2.19. The van der Waals surface area contributed by atoms with Crippen LogP contribution in [0.3, 0.4) is 0 Å². The Bertz CT molecular complexity index is 168. The van der Waals surface area contributed by atoms with Crippen LogP contribution in [0.1, 0.15) is 19.8 Å². The summed E-state index contributed by atoms with van der Waals surface area (Å²) in [4.78, 5) is 10.9. The number of ether oxygens (including phenoxy) is 1. The van der Waals surface area contributed by atoms with Gasteiger partial charge in [-0.3, -0.25) is 0 Å². The van der Waals surface area contributed by atoms with E-state index in [9.17, 15) is 4.79 Å². The van der Waals surface area contributed by atoms with Gasteiger partial charge in [-0.05, 0) is 13.1 Å². The van der Waals surface area contributed by atoms with Crippen molar-refractivity contribution in [1.29, 1.82) is 0 Å². The summed E-state index contributed by atoms with van der Waals surface area (Å²) >= 11 is 0. The highest BCUT2D eigenvalue weighted by Gasteiger charge is 2.13. The van der Waals surface area contributed by atoms with E-state index < -0.39 is 15.0 Å². The summed E-state index contributed by atoms with van der Waals surface area (Å²) in [5, 5.41) is 0. The minimum Gasteiger partial charge on any atom is -0.434 e. The van der Waals surface area contributed by atoms with Gasteiger partial charge in [-0.25, -0.2) is 4.79 Å². The molecule has 0 aromatic rings. The third-order valence-electron chi connectivity index (χ3n) is 1.36. The monoisotopic (exact) mass is 202 g/mol. The highest BCUT2D eigenvalue weighted by Crippen LogP contribution is 2.06. The molecule has 0 radical (unpaired) electrons. The summed E-state index contributed by atoms with van der Waals surface area (Å²) in [6, 6.07) is 0. The van der Waals surface area contributed by atoms with E-state index in [1.54, 1.807) is 0 Å². The van der Waals surface area contributed by atoms with Gasteiger partial charge in [0.15, 0.2) is 15.3 Å². The van der Waals surface area contributed by atoms with Crippen molar-refractivity contribution >= 4 is 15.0 Å². The van der Waals surface area contributed by atoms with E-state index in [2.05, 4.69) is 6.58 Å². The molecular weight excluding hydrogens is 184 g/mol. The second-order valence-electron chi connectivity index (χ2n) is 3.04. The number of carbonyl (C=O) groups is 1. The molecule has 4 heteroatoms. The Labute approximate surface area is 81.5 Å². The van der Waals surface area contributed by atoms with Gasteiger partial charge in [0.25, 0.3) is 0 Å². The third kappa shape index (κ3) is 6.54. The molecule has 0 fully saturated rings. The van der Waals surface area contributed by atoms with E-state index in [1.165, 1.54) is 0 Å². The summed E-state index contributed by atoms with van der Waals surface area (Å²) in [6.45, 7) is 9.45. The molecule has 76 valence electrons. The number of hydrogen-bond acceptors (Lipinski definition) is 3. The number of esters is 1. The van der Waals surface area contributed by atoms with Crippen LogP contribution in [0.4, 0.5) is 0 Å². The zero-order valence-corrected chi connectivity index (χ0v) is 9.73. The summed E-state index contributed by atoms with van der Waals surface area (Å²) < 4.78 is 10.5. The molecular formula is C9H18O3Si. The normalized spacial score (nSPS) is 12.6. The quantitative estimate of drug-likeness (QED) is 0.285. The minimum atomic E-state index is -1.14. The molecule has 0 aliphatic carbocycles. The zero-order chi connectivity index (χ0) is 10.3. The van der Waals surface area contributed by atoms with E-state index in [0.29, 0.717) is 0 Å². The van der Waals surface area contributed by atoms with Crippen molar-refractivity contribution in [3.05, 3.63) is 12.7 Å². The van der Waals surface area contributed by atoms with Crippen molar-refractivity contribution in [2.24, 2.45) is 0 Å². The molecule has 3 nitrogen and oxygen atoms in total. The van der Waals surface area contributed by atoms with Crippen LogP contribution in [0.15, 0.2) is 12.7 Å². The maximum atomic E-state index is 10.9. The molecule has 13 heavy (non-hydrogen) atoms. The van der Waals surface area contributed by atoms with Crippen LogP contribution in [-0.2, 0) is 14.0 Å². The summed E-state index contributed by atoms with van der Waals surface area (Å²) in [7, 11) is -1.14. The first-order valence-corrected chi connectivity index (χ1v) is 7.36. The predicted molar refractivity (Wildman–Crippen MR) is 54.9 cm³/mol. The van der Waals surface area contributed by atoms with E-state index in [1.807, 2.05) is 20.0 Å². The maximum absolute atomic E-state index is 10.9. The standard InChI is InChI=1S/C9H18O3Si/c1-5-7-9(12-13(3)4)11-8(10)6-2/h6,9,13H,2,5,7H2,1,3-4H3. The maximum Gasteiger partial charge on any atom is 0.332 e. The van der Waals surface area contributed by atoms with Gasteiger partial charge in [0.1, 0.15) is 0 Å². The van der Waals surface area contributed by atoms with Crippen molar-refractivity contribution in [1.82, 2.24) is 0 Å². The van der Waals surface area contributed by atoms with Gasteiger partial charge in [-0.2, -0.15) is 0 Å². The van der Waals surface area contributed by atoms with Crippen LogP contribution < -0.4 is 0 Å². The van der Waals surface area contributed by atoms with Crippen molar-refractivity contribution in [3.8, 4) is 0 Å². The van der Waals surface area contributed by atoms with E-state index in [0.717, 1.165) is 18.9 Å². The molecule has 1 atom stereocenters. The van der Waals surface area contributed by atoms with Gasteiger partial charge in [0.2, 0.25) is 0 Å². The average Bonchev–Trinajstić information content (AvgIpc) is 2.03. The molecule has 0 heterocycles. The van der Waals surface area contributed by atoms with Gasteiger partial charge < -0.3 is 9.16 Å².